The second-order valence-corrected chi connectivity index (χ2v) is 6.30. The highest BCUT2D eigenvalue weighted by molar-refractivity contribution is 14.2. The molecule has 31 valence electrons. The molecule has 0 saturated carbocycles. The average Bonchev–Trinajstić information content (AvgIpc) is 0.722. The Kier molecular flexibility index (Phi) is 2.47. The van der Waals surface area contributed by atoms with Crippen LogP contribution in [0.2, 0.25) is 0 Å². The minimum Gasteiger partial charge on any atom is -0.371 e. The Balaban J connectivity index is 3.02. The van der Waals surface area contributed by atoms with Gasteiger partial charge in [-0.15, -0.1) is 0 Å². The van der Waals surface area contributed by atoms with E-state index in [1.807, 2.05) is 45.2 Å². The molecule has 0 rings (SSSR count). The summed E-state index contributed by atoms with van der Waals surface area (Å²) in [7, 11) is 0. The normalized spacial score (nSPS) is 12.0. The van der Waals surface area contributed by atoms with Crippen LogP contribution in [0.15, 0.2) is 0 Å². The summed E-state index contributed by atoms with van der Waals surface area (Å²) in [6.45, 7) is 3.30. The van der Waals surface area contributed by atoms with Gasteiger partial charge in [0.05, 0.1) is 0 Å². The summed E-state index contributed by atoms with van der Waals surface area (Å²) in [5.74, 6) is 0. The van der Waals surface area contributed by atoms with Crippen LogP contribution in [-0.2, 0) is 0 Å². The first-order chi connectivity index (χ1) is 2.00. The molecule has 0 amide bonds. The number of aliphatic hydroxyl groups is 1. The van der Waals surface area contributed by atoms with Crippen LogP contribution in [0.4, 0.5) is 0 Å². The molecule has 1 radical (unpaired) electrons. The van der Waals surface area contributed by atoms with Crippen LogP contribution in [0.3, 0.4) is 0 Å². The molecule has 0 aliphatic carbocycles. The minimum absolute atomic E-state index is 0.810. The van der Waals surface area contributed by atoms with Crippen molar-refractivity contribution in [3.8, 4) is 0 Å². The van der Waals surface area contributed by atoms with Gasteiger partial charge in [0.1, 0.15) is 0 Å². The van der Waals surface area contributed by atoms with Crippen LogP contribution in [0.1, 0.15) is 0 Å². The summed E-state index contributed by atoms with van der Waals surface area (Å²) < 4.78 is -0.810. The van der Waals surface area contributed by atoms with Crippen LogP contribution < -0.4 is 0 Å². The SMILES string of the molecule is [CH2]C(O)(I)I. The molecule has 3 heteroatoms. The van der Waals surface area contributed by atoms with Gasteiger partial charge < -0.3 is 5.11 Å². The van der Waals surface area contributed by atoms with Gasteiger partial charge in [0.15, 0.2) is 1.61 Å². The summed E-state index contributed by atoms with van der Waals surface area (Å²) in [5, 5.41) is 8.38. The third-order valence-electron chi connectivity index (χ3n) is 0. The minimum atomic E-state index is -0.810. The lowest BCUT2D eigenvalue weighted by Gasteiger charge is -1.98. The Hall–Kier alpha value is 1.42. The van der Waals surface area contributed by atoms with Crippen LogP contribution in [0.5, 0.6) is 0 Å². The predicted molar refractivity (Wildman–Crippen MR) is 38.3 cm³/mol. The van der Waals surface area contributed by atoms with Gasteiger partial charge in [-0.3, -0.25) is 0 Å². The van der Waals surface area contributed by atoms with E-state index in [9.17, 15) is 0 Å². The van der Waals surface area contributed by atoms with Crippen molar-refractivity contribution in [1.29, 1.82) is 0 Å². The maximum atomic E-state index is 8.38. The van der Waals surface area contributed by atoms with Crippen molar-refractivity contribution in [2.24, 2.45) is 0 Å². The van der Waals surface area contributed by atoms with E-state index in [2.05, 4.69) is 6.92 Å². The number of hydrogen-bond donors (Lipinski definition) is 1. The molecule has 0 aliphatic heterocycles. The van der Waals surface area contributed by atoms with Gasteiger partial charge >= 0.3 is 0 Å². The van der Waals surface area contributed by atoms with E-state index < -0.39 is 1.61 Å². The van der Waals surface area contributed by atoms with Crippen molar-refractivity contribution in [3.63, 3.8) is 0 Å². The number of alkyl halides is 2. The first-order valence-corrected chi connectivity index (χ1v) is 3.11. The Morgan fingerprint density at radius 3 is 1.60 bits per heavy atom. The molecule has 5 heavy (non-hydrogen) atoms. The van der Waals surface area contributed by atoms with E-state index in [-0.39, 0.29) is 0 Å². The van der Waals surface area contributed by atoms with Gasteiger partial charge in [0.25, 0.3) is 0 Å². The maximum Gasteiger partial charge on any atom is 0.166 e. The molecule has 0 aromatic rings. The van der Waals surface area contributed by atoms with E-state index in [0.29, 0.717) is 0 Å². The number of rotatable bonds is 0. The van der Waals surface area contributed by atoms with Crippen molar-refractivity contribution in [1.82, 2.24) is 0 Å². The fourth-order valence-electron chi connectivity index (χ4n) is 0. The zero-order chi connectivity index (χ0) is 4.50. The fraction of sp³-hybridized carbons (Fsp3) is 0.500. The summed E-state index contributed by atoms with van der Waals surface area (Å²) >= 11 is 3.62. The van der Waals surface area contributed by atoms with Gasteiger partial charge in [0.2, 0.25) is 0 Å². The molecule has 0 aromatic carbocycles. The highest BCUT2D eigenvalue weighted by Gasteiger charge is 2.04. The van der Waals surface area contributed by atoms with Crippen molar-refractivity contribution in [3.05, 3.63) is 6.92 Å². The Bertz CT molecular complexity index is 23.1. The zero-order valence-electron chi connectivity index (χ0n) is 2.41. The molecular weight excluding hydrogens is 294 g/mol. The van der Waals surface area contributed by atoms with E-state index in [4.69, 9.17) is 5.11 Å². The molecule has 1 N–H and O–H groups in total. The Labute approximate surface area is 58.4 Å². The number of halogens is 2. The third kappa shape index (κ3) is 31.4. The van der Waals surface area contributed by atoms with Gasteiger partial charge in [-0.1, -0.05) is 0 Å². The standard InChI is InChI=1S/C2H3I2O/c1-2(3,4)5/h5H,1H2. The van der Waals surface area contributed by atoms with Gasteiger partial charge in [-0.25, -0.2) is 0 Å². The lowest BCUT2D eigenvalue weighted by molar-refractivity contribution is 0.308. The highest BCUT2D eigenvalue weighted by Crippen LogP contribution is 2.20. The van der Waals surface area contributed by atoms with Crippen molar-refractivity contribution < 1.29 is 5.11 Å². The fourth-order valence-corrected chi connectivity index (χ4v) is 0. The van der Waals surface area contributed by atoms with Crippen LogP contribution in [0, 0.1) is 6.92 Å². The summed E-state index contributed by atoms with van der Waals surface area (Å²) in [6.07, 6.45) is 0. The van der Waals surface area contributed by atoms with Crippen LogP contribution in [-0.4, -0.2) is 6.72 Å². The molecule has 0 atom stereocenters. The first-order valence-electron chi connectivity index (χ1n) is 0.955. The average molecular weight is 297 g/mol. The zero-order valence-corrected chi connectivity index (χ0v) is 6.73. The second kappa shape index (κ2) is 1.92. The lowest BCUT2D eigenvalue weighted by Crippen LogP contribution is -1.98. The summed E-state index contributed by atoms with van der Waals surface area (Å²) in [5.41, 5.74) is 0. The molecule has 0 unspecified atom stereocenters. The van der Waals surface area contributed by atoms with Crippen molar-refractivity contribution >= 4 is 45.2 Å². The monoisotopic (exact) mass is 297 g/mol. The quantitative estimate of drug-likeness (QED) is 0.528. The Morgan fingerprint density at radius 2 is 1.60 bits per heavy atom. The van der Waals surface area contributed by atoms with Crippen LogP contribution in [0.25, 0.3) is 0 Å². The van der Waals surface area contributed by atoms with Crippen molar-refractivity contribution in [2.75, 3.05) is 0 Å². The predicted octanol–water partition coefficient (Wildman–Crippen LogP) is 1.34. The molecule has 0 heterocycles. The van der Waals surface area contributed by atoms with E-state index in [1.54, 1.807) is 0 Å². The summed E-state index contributed by atoms with van der Waals surface area (Å²) in [6, 6.07) is 0. The van der Waals surface area contributed by atoms with Crippen molar-refractivity contribution in [2.45, 2.75) is 1.61 Å². The molecule has 0 saturated heterocycles. The molecule has 0 aromatic heterocycles. The van der Waals surface area contributed by atoms with Gasteiger partial charge in [0, 0.05) is 0 Å². The first kappa shape index (κ1) is 6.42. The largest absolute Gasteiger partial charge is 0.371 e. The second-order valence-electron chi connectivity index (χ2n) is 0.666. The molecule has 0 fully saturated rings. The maximum absolute atomic E-state index is 8.38. The highest BCUT2D eigenvalue weighted by atomic mass is 127. The lowest BCUT2D eigenvalue weighted by atomic mass is 10.9. The molecule has 1 nitrogen and oxygen atoms in total. The molecule has 0 aliphatic rings. The van der Waals surface area contributed by atoms with E-state index in [0.717, 1.165) is 0 Å². The summed E-state index contributed by atoms with van der Waals surface area (Å²) in [4.78, 5) is 0. The van der Waals surface area contributed by atoms with E-state index >= 15 is 0 Å². The smallest absolute Gasteiger partial charge is 0.166 e. The third-order valence-corrected chi connectivity index (χ3v) is 0. The van der Waals surface area contributed by atoms with Gasteiger partial charge in [-0.05, 0) is 52.1 Å². The molecule has 0 spiro atoms. The number of hydrogen-bond acceptors (Lipinski definition) is 1. The van der Waals surface area contributed by atoms with Crippen LogP contribution >= 0.6 is 45.2 Å². The molecule has 0 bridgehead atoms. The topological polar surface area (TPSA) is 20.2 Å². The Morgan fingerprint density at radius 1 is 1.60 bits per heavy atom. The van der Waals surface area contributed by atoms with Gasteiger partial charge in [-0.2, -0.15) is 0 Å². The van der Waals surface area contributed by atoms with E-state index in [1.165, 1.54) is 0 Å². The molecular formula is C2H3I2O.